The highest BCUT2D eigenvalue weighted by atomic mass is 15.4. The maximum atomic E-state index is 5.02. The van der Waals surface area contributed by atoms with E-state index in [0.717, 1.165) is 64.1 Å². The lowest BCUT2D eigenvalue weighted by atomic mass is 10.1. The number of nitrogens with one attached hydrogen (secondary N) is 1. The molecule has 3 heterocycles. The van der Waals surface area contributed by atoms with E-state index in [-0.39, 0.29) is 0 Å². The number of rotatable bonds is 5. The Balaban J connectivity index is 1.32. The summed E-state index contributed by atoms with van der Waals surface area (Å²) in [6.07, 6.45) is 3.08. The van der Waals surface area contributed by atoms with Crippen molar-refractivity contribution < 1.29 is 0 Å². The molecule has 4 rings (SSSR count). The minimum Gasteiger partial charge on any atom is -0.371 e. The van der Waals surface area contributed by atoms with Crippen molar-refractivity contribution >= 4 is 17.5 Å². The SMILES string of the molecule is CCNC(=NCC1CCN(c2ccccc2)C1)N1CCN(c2ccccn2)CC1. The van der Waals surface area contributed by atoms with Crippen molar-refractivity contribution in [2.75, 3.05) is 62.2 Å². The van der Waals surface area contributed by atoms with Crippen molar-refractivity contribution in [3.8, 4) is 0 Å². The first-order valence-corrected chi connectivity index (χ1v) is 10.8. The van der Waals surface area contributed by atoms with Crippen molar-refractivity contribution in [2.45, 2.75) is 13.3 Å². The quantitative estimate of drug-likeness (QED) is 0.626. The number of aromatic nitrogens is 1. The molecule has 0 saturated carbocycles. The number of hydrogen-bond acceptors (Lipinski definition) is 4. The Morgan fingerprint density at radius 3 is 2.52 bits per heavy atom. The zero-order valence-corrected chi connectivity index (χ0v) is 17.4. The average molecular weight is 393 g/mol. The predicted octanol–water partition coefficient (Wildman–Crippen LogP) is 2.70. The molecule has 29 heavy (non-hydrogen) atoms. The Hall–Kier alpha value is -2.76. The van der Waals surface area contributed by atoms with E-state index in [2.05, 4.69) is 74.4 Å². The van der Waals surface area contributed by atoms with Gasteiger partial charge in [0, 0.05) is 64.2 Å². The average Bonchev–Trinajstić information content (AvgIpc) is 3.27. The van der Waals surface area contributed by atoms with E-state index >= 15 is 0 Å². The molecule has 1 aromatic carbocycles. The van der Waals surface area contributed by atoms with Crippen LogP contribution in [-0.2, 0) is 0 Å². The van der Waals surface area contributed by atoms with Gasteiger partial charge in [0.25, 0.3) is 0 Å². The molecule has 154 valence electrons. The van der Waals surface area contributed by atoms with Crippen molar-refractivity contribution in [3.05, 3.63) is 54.7 Å². The zero-order valence-electron chi connectivity index (χ0n) is 17.4. The Bertz CT molecular complexity index is 770. The van der Waals surface area contributed by atoms with Gasteiger partial charge in [0.2, 0.25) is 0 Å². The molecular weight excluding hydrogens is 360 g/mol. The molecule has 0 radical (unpaired) electrons. The van der Waals surface area contributed by atoms with Gasteiger partial charge < -0.3 is 20.0 Å². The standard InChI is InChI=1S/C23H32N6/c1-2-24-23(28-16-14-27(15-17-28)22-10-6-7-12-25-22)26-18-20-11-13-29(19-20)21-8-4-3-5-9-21/h3-10,12,20H,2,11,13-19H2,1H3,(H,24,26). The number of anilines is 2. The van der Waals surface area contributed by atoms with Crippen molar-refractivity contribution in [1.29, 1.82) is 0 Å². The zero-order chi connectivity index (χ0) is 19.9. The van der Waals surface area contributed by atoms with Gasteiger partial charge in [-0.25, -0.2) is 4.98 Å². The lowest BCUT2D eigenvalue weighted by molar-refractivity contribution is 0.370. The van der Waals surface area contributed by atoms with Crippen LogP contribution in [0.4, 0.5) is 11.5 Å². The number of hydrogen-bond donors (Lipinski definition) is 1. The summed E-state index contributed by atoms with van der Waals surface area (Å²) in [6.45, 7) is 10.1. The topological polar surface area (TPSA) is 47.0 Å². The van der Waals surface area contributed by atoms with Crippen molar-refractivity contribution in [2.24, 2.45) is 10.9 Å². The third-order valence-corrected chi connectivity index (χ3v) is 5.79. The first-order valence-electron chi connectivity index (χ1n) is 10.8. The largest absolute Gasteiger partial charge is 0.371 e. The van der Waals surface area contributed by atoms with Gasteiger partial charge in [0.05, 0.1) is 0 Å². The second kappa shape index (κ2) is 9.63. The molecule has 1 unspecified atom stereocenters. The number of nitrogens with zero attached hydrogens (tertiary/aromatic N) is 5. The Morgan fingerprint density at radius 1 is 1.00 bits per heavy atom. The Morgan fingerprint density at radius 2 is 1.79 bits per heavy atom. The highest BCUT2D eigenvalue weighted by Gasteiger charge is 2.24. The second-order valence-corrected chi connectivity index (χ2v) is 7.79. The van der Waals surface area contributed by atoms with Crippen LogP contribution in [0.15, 0.2) is 59.7 Å². The van der Waals surface area contributed by atoms with E-state index in [9.17, 15) is 0 Å². The third-order valence-electron chi connectivity index (χ3n) is 5.79. The van der Waals surface area contributed by atoms with Gasteiger partial charge >= 0.3 is 0 Å². The second-order valence-electron chi connectivity index (χ2n) is 7.79. The molecule has 0 spiro atoms. The maximum Gasteiger partial charge on any atom is 0.194 e. The summed E-state index contributed by atoms with van der Waals surface area (Å²) < 4.78 is 0. The van der Waals surface area contributed by atoms with Crippen LogP contribution in [0.25, 0.3) is 0 Å². The molecule has 1 aromatic heterocycles. The van der Waals surface area contributed by atoms with Crippen LogP contribution >= 0.6 is 0 Å². The summed E-state index contributed by atoms with van der Waals surface area (Å²) >= 11 is 0. The Labute approximate surface area is 174 Å². The van der Waals surface area contributed by atoms with Crippen LogP contribution < -0.4 is 15.1 Å². The summed E-state index contributed by atoms with van der Waals surface area (Å²) in [7, 11) is 0. The number of benzene rings is 1. The predicted molar refractivity (Wildman–Crippen MR) is 121 cm³/mol. The highest BCUT2D eigenvalue weighted by molar-refractivity contribution is 5.80. The molecule has 2 fully saturated rings. The van der Waals surface area contributed by atoms with Gasteiger partial charge in [-0.2, -0.15) is 0 Å². The van der Waals surface area contributed by atoms with Crippen molar-refractivity contribution in [1.82, 2.24) is 15.2 Å². The van der Waals surface area contributed by atoms with Crippen LogP contribution in [0.3, 0.4) is 0 Å². The third kappa shape index (κ3) is 5.00. The first-order chi connectivity index (χ1) is 14.3. The molecule has 1 N–H and O–H groups in total. The molecule has 2 aliphatic rings. The smallest absolute Gasteiger partial charge is 0.194 e. The van der Waals surface area contributed by atoms with E-state index in [1.54, 1.807) is 0 Å². The van der Waals surface area contributed by atoms with Crippen molar-refractivity contribution in [3.63, 3.8) is 0 Å². The van der Waals surface area contributed by atoms with E-state index in [4.69, 9.17) is 4.99 Å². The lowest BCUT2D eigenvalue weighted by Gasteiger charge is -2.37. The molecule has 6 nitrogen and oxygen atoms in total. The van der Waals surface area contributed by atoms with Crippen LogP contribution in [0.1, 0.15) is 13.3 Å². The molecule has 0 amide bonds. The molecule has 2 saturated heterocycles. The number of piperazine rings is 1. The minimum atomic E-state index is 0.624. The number of guanidine groups is 1. The fourth-order valence-corrected chi connectivity index (χ4v) is 4.18. The normalized spacial score (nSPS) is 20.2. The summed E-state index contributed by atoms with van der Waals surface area (Å²) in [5.74, 6) is 2.76. The Kier molecular flexibility index (Phi) is 6.49. The van der Waals surface area contributed by atoms with E-state index < -0.39 is 0 Å². The van der Waals surface area contributed by atoms with Gasteiger partial charge in [-0.05, 0) is 43.5 Å². The highest BCUT2D eigenvalue weighted by Crippen LogP contribution is 2.23. The van der Waals surface area contributed by atoms with Gasteiger partial charge in [-0.15, -0.1) is 0 Å². The summed E-state index contributed by atoms with van der Waals surface area (Å²) in [5.41, 5.74) is 1.33. The molecule has 0 bridgehead atoms. The minimum absolute atomic E-state index is 0.624. The van der Waals surface area contributed by atoms with E-state index in [1.165, 1.54) is 12.1 Å². The molecule has 1 atom stereocenters. The molecule has 2 aliphatic heterocycles. The molecule has 6 heteroatoms. The van der Waals surface area contributed by atoms with Gasteiger partial charge in [0.1, 0.15) is 5.82 Å². The van der Waals surface area contributed by atoms with Crippen LogP contribution in [-0.4, -0.2) is 68.2 Å². The van der Waals surface area contributed by atoms with Gasteiger partial charge in [-0.1, -0.05) is 24.3 Å². The van der Waals surface area contributed by atoms with Crippen LogP contribution in [0.2, 0.25) is 0 Å². The van der Waals surface area contributed by atoms with Crippen LogP contribution in [0, 0.1) is 5.92 Å². The summed E-state index contributed by atoms with van der Waals surface area (Å²) in [4.78, 5) is 16.7. The van der Waals surface area contributed by atoms with Gasteiger partial charge in [-0.3, -0.25) is 4.99 Å². The number of para-hydroxylation sites is 1. The molecule has 0 aliphatic carbocycles. The summed E-state index contributed by atoms with van der Waals surface area (Å²) in [5, 5.41) is 3.50. The number of pyridine rings is 1. The van der Waals surface area contributed by atoms with Crippen LogP contribution in [0.5, 0.6) is 0 Å². The maximum absolute atomic E-state index is 5.02. The monoisotopic (exact) mass is 392 g/mol. The molecular formula is C23H32N6. The fraction of sp³-hybridized carbons (Fsp3) is 0.478. The fourth-order valence-electron chi connectivity index (χ4n) is 4.18. The first kappa shape index (κ1) is 19.6. The summed E-state index contributed by atoms with van der Waals surface area (Å²) in [6, 6.07) is 16.8. The van der Waals surface area contributed by atoms with E-state index in [0.29, 0.717) is 5.92 Å². The molecule has 2 aromatic rings. The van der Waals surface area contributed by atoms with Gasteiger partial charge in [0.15, 0.2) is 5.96 Å². The lowest BCUT2D eigenvalue weighted by Crippen LogP contribution is -2.52. The van der Waals surface area contributed by atoms with E-state index in [1.807, 2.05) is 12.3 Å². The number of aliphatic imine (C=N–C) groups is 1.